The minimum atomic E-state index is -0.521. The van der Waals surface area contributed by atoms with Crippen LogP contribution in [0.3, 0.4) is 0 Å². The lowest BCUT2D eigenvalue weighted by atomic mass is 9.81. The highest BCUT2D eigenvalue weighted by Crippen LogP contribution is 2.44. The zero-order chi connectivity index (χ0) is 22.0. The first-order valence-corrected chi connectivity index (χ1v) is 11.3. The van der Waals surface area contributed by atoms with Gasteiger partial charge in [-0.2, -0.15) is 0 Å². The van der Waals surface area contributed by atoms with Crippen LogP contribution in [0.4, 0.5) is 0 Å². The summed E-state index contributed by atoms with van der Waals surface area (Å²) >= 11 is 1.69. The Balaban J connectivity index is 1.74. The van der Waals surface area contributed by atoms with Gasteiger partial charge in [-0.3, -0.25) is 0 Å². The highest BCUT2D eigenvalue weighted by molar-refractivity contribution is 7.98. The van der Waals surface area contributed by atoms with Crippen LogP contribution in [0.25, 0.3) is 0 Å². The first-order valence-electron chi connectivity index (χ1n) is 10.3. The van der Waals surface area contributed by atoms with Crippen molar-refractivity contribution in [1.29, 1.82) is 0 Å². The molecule has 160 valence electrons. The van der Waals surface area contributed by atoms with Crippen LogP contribution in [0.15, 0.2) is 76.0 Å². The number of esters is 2. The van der Waals surface area contributed by atoms with Gasteiger partial charge >= 0.3 is 11.9 Å². The fourth-order valence-corrected chi connectivity index (χ4v) is 5.00. The lowest BCUT2D eigenvalue weighted by molar-refractivity contribution is -0.138. The van der Waals surface area contributed by atoms with Crippen LogP contribution in [0.1, 0.15) is 36.5 Å². The molecule has 5 nitrogen and oxygen atoms in total. The van der Waals surface area contributed by atoms with Gasteiger partial charge < -0.3 is 14.8 Å². The lowest BCUT2D eigenvalue weighted by Crippen LogP contribution is -2.30. The van der Waals surface area contributed by atoms with Crippen molar-refractivity contribution < 1.29 is 19.1 Å². The topological polar surface area (TPSA) is 64.6 Å². The molecule has 0 radical (unpaired) electrons. The van der Waals surface area contributed by atoms with E-state index in [0.29, 0.717) is 16.8 Å². The van der Waals surface area contributed by atoms with Crippen molar-refractivity contribution in [2.75, 3.05) is 13.2 Å². The van der Waals surface area contributed by atoms with Crippen LogP contribution in [-0.4, -0.2) is 25.2 Å². The third kappa shape index (κ3) is 4.26. The molecule has 1 atom stereocenters. The Morgan fingerprint density at radius 2 is 1.90 bits per heavy atom. The molecule has 4 rings (SSSR count). The van der Waals surface area contributed by atoms with Gasteiger partial charge in [0.15, 0.2) is 0 Å². The molecule has 0 saturated heterocycles. The van der Waals surface area contributed by atoms with Crippen LogP contribution < -0.4 is 5.32 Å². The van der Waals surface area contributed by atoms with E-state index < -0.39 is 11.9 Å². The first-order chi connectivity index (χ1) is 15.0. The average Bonchev–Trinajstić information content (AvgIpc) is 3.13. The molecule has 2 aliphatic heterocycles. The number of cyclic esters (lactones) is 1. The Morgan fingerprint density at radius 1 is 1.16 bits per heavy atom. The Labute approximate surface area is 186 Å². The molecule has 2 aromatic rings. The van der Waals surface area contributed by atoms with E-state index in [1.165, 1.54) is 11.1 Å². The number of rotatable bonds is 6. The van der Waals surface area contributed by atoms with Crippen molar-refractivity contribution in [3.8, 4) is 0 Å². The molecule has 31 heavy (non-hydrogen) atoms. The van der Waals surface area contributed by atoms with Gasteiger partial charge in [0, 0.05) is 16.3 Å². The molecule has 1 unspecified atom stereocenters. The highest BCUT2D eigenvalue weighted by atomic mass is 32.2. The van der Waals surface area contributed by atoms with Gasteiger partial charge in [0.05, 0.1) is 29.4 Å². The zero-order valence-electron chi connectivity index (χ0n) is 17.9. The van der Waals surface area contributed by atoms with Crippen molar-refractivity contribution in [3.63, 3.8) is 0 Å². The number of dihydropyridines is 1. The number of ether oxygens (including phenoxy) is 2. The molecule has 2 heterocycles. The smallest absolute Gasteiger partial charge is 0.337 e. The van der Waals surface area contributed by atoms with Crippen molar-refractivity contribution in [1.82, 2.24) is 5.32 Å². The van der Waals surface area contributed by atoms with Crippen molar-refractivity contribution in [2.45, 2.75) is 37.3 Å². The molecule has 0 fully saturated rings. The van der Waals surface area contributed by atoms with Gasteiger partial charge in [0.25, 0.3) is 0 Å². The summed E-state index contributed by atoms with van der Waals surface area (Å²) in [6, 6.07) is 16.4. The van der Waals surface area contributed by atoms with Crippen LogP contribution in [-0.2, 0) is 24.8 Å². The Bertz CT molecular complexity index is 1080. The van der Waals surface area contributed by atoms with Gasteiger partial charge in [-0.1, -0.05) is 48.0 Å². The number of carbonyl (C=O) groups is 2. The highest BCUT2D eigenvalue weighted by Gasteiger charge is 2.42. The van der Waals surface area contributed by atoms with E-state index in [0.717, 1.165) is 21.9 Å². The summed E-state index contributed by atoms with van der Waals surface area (Å²) in [7, 11) is 0. The predicted octanol–water partition coefficient (Wildman–Crippen LogP) is 4.62. The number of thioether (sulfide) groups is 1. The number of hydrogen-bond donors (Lipinski definition) is 1. The minimum Gasteiger partial charge on any atom is -0.463 e. The molecule has 0 amide bonds. The summed E-state index contributed by atoms with van der Waals surface area (Å²) in [5.41, 5.74) is 5.73. The molecule has 2 aromatic carbocycles. The minimum absolute atomic E-state index is 0.191. The fourth-order valence-electron chi connectivity index (χ4n) is 3.95. The largest absolute Gasteiger partial charge is 0.463 e. The summed E-state index contributed by atoms with van der Waals surface area (Å²) in [6.45, 7) is 6.15. The summed E-state index contributed by atoms with van der Waals surface area (Å²) in [6.07, 6.45) is 0. The summed E-state index contributed by atoms with van der Waals surface area (Å²) in [5, 5.41) is 3.19. The van der Waals surface area contributed by atoms with Gasteiger partial charge in [-0.25, -0.2) is 9.59 Å². The van der Waals surface area contributed by atoms with Crippen LogP contribution in [0.2, 0.25) is 0 Å². The third-order valence-electron chi connectivity index (χ3n) is 5.45. The molecular formula is C25H25NO4S. The zero-order valence-corrected chi connectivity index (χ0v) is 18.7. The van der Waals surface area contributed by atoms with Gasteiger partial charge in [0.1, 0.15) is 6.61 Å². The SMILES string of the molecule is CCOC(=O)C1=C(C)NC2=C(C(=O)OC2)C1c1ccccc1SCc1ccc(C)cc1. The van der Waals surface area contributed by atoms with E-state index in [1.807, 2.05) is 31.2 Å². The first kappa shape index (κ1) is 21.2. The molecule has 0 bridgehead atoms. The maximum atomic E-state index is 12.9. The second-order valence-electron chi connectivity index (χ2n) is 7.60. The maximum absolute atomic E-state index is 12.9. The fraction of sp³-hybridized carbons (Fsp3) is 0.280. The number of benzene rings is 2. The maximum Gasteiger partial charge on any atom is 0.337 e. The quantitative estimate of drug-likeness (QED) is 0.528. The molecule has 0 saturated carbocycles. The van der Waals surface area contributed by atoms with E-state index in [4.69, 9.17) is 9.47 Å². The molecular weight excluding hydrogens is 410 g/mol. The second kappa shape index (κ2) is 9.02. The van der Waals surface area contributed by atoms with Crippen LogP contribution >= 0.6 is 11.8 Å². The standard InChI is InChI=1S/C25H25NO4S/c1-4-29-24(27)21-16(3)26-19-13-30-25(28)23(19)22(21)18-7-5-6-8-20(18)31-14-17-11-9-15(2)10-12-17/h5-12,22,26H,4,13-14H2,1-3H3. The lowest BCUT2D eigenvalue weighted by Gasteiger charge is -2.28. The van der Waals surface area contributed by atoms with Crippen LogP contribution in [0.5, 0.6) is 0 Å². The number of carbonyl (C=O) groups excluding carboxylic acids is 2. The molecule has 2 aliphatic rings. The van der Waals surface area contributed by atoms with Crippen LogP contribution in [0, 0.1) is 6.92 Å². The second-order valence-corrected chi connectivity index (χ2v) is 8.61. The molecule has 0 aliphatic carbocycles. The molecule has 0 spiro atoms. The summed E-state index contributed by atoms with van der Waals surface area (Å²) in [5.74, 6) is -0.537. The number of nitrogens with one attached hydrogen (secondary N) is 1. The van der Waals surface area contributed by atoms with Crippen molar-refractivity contribution >= 4 is 23.7 Å². The molecule has 0 aromatic heterocycles. The van der Waals surface area contributed by atoms with E-state index in [-0.39, 0.29) is 19.2 Å². The van der Waals surface area contributed by atoms with E-state index >= 15 is 0 Å². The Hall–Kier alpha value is -2.99. The van der Waals surface area contributed by atoms with Gasteiger partial charge in [-0.05, 0) is 38.0 Å². The van der Waals surface area contributed by atoms with E-state index in [9.17, 15) is 9.59 Å². The number of allylic oxidation sites excluding steroid dienone is 1. The van der Waals surface area contributed by atoms with Gasteiger partial charge in [0.2, 0.25) is 0 Å². The van der Waals surface area contributed by atoms with Crippen molar-refractivity contribution in [2.24, 2.45) is 0 Å². The summed E-state index contributed by atoms with van der Waals surface area (Å²) in [4.78, 5) is 26.6. The normalized spacial score (nSPS) is 17.9. The number of aryl methyl sites for hydroxylation is 1. The van der Waals surface area contributed by atoms with E-state index in [2.05, 4.69) is 36.5 Å². The van der Waals surface area contributed by atoms with Gasteiger partial charge in [-0.15, -0.1) is 11.8 Å². The average molecular weight is 436 g/mol. The molecule has 6 heteroatoms. The van der Waals surface area contributed by atoms with Crippen molar-refractivity contribution in [3.05, 3.63) is 87.8 Å². The monoisotopic (exact) mass is 435 g/mol. The van der Waals surface area contributed by atoms with E-state index in [1.54, 1.807) is 18.7 Å². The predicted molar refractivity (Wildman–Crippen MR) is 120 cm³/mol. The Kier molecular flexibility index (Phi) is 6.18. The summed E-state index contributed by atoms with van der Waals surface area (Å²) < 4.78 is 10.7. The number of hydrogen-bond acceptors (Lipinski definition) is 6. The third-order valence-corrected chi connectivity index (χ3v) is 6.61. The Morgan fingerprint density at radius 3 is 2.65 bits per heavy atom. The molecule has 1 N–H and O–H groups in total.